The van der Waals surface area contributed by atoms with Gasteiger partial charge in [0.25, 0.3) is 0 Å². The number of rotatable bonds is 4. The molecule has 2 fully saturated rings. The average Bonchev–Trinajstić information content (AvgIpc) is 2.88. The number of nitrogens with one attached hydrogen (secondary N) is 1. The molecule has 0 radical (unpaired) electrons. The second kappa shape index (κ2) is 4.80. The first-order valence-electron chi connectivity index (χ1n) is 5.85. The van der Waals surface area contributed by atoms with Crippen LogP contribution in [0, 0.1) is 0 Å². The Morgan fingerprint density at radius 1 is 0.933 bits per heavy atom. The largest absolute Gasteiger partial charge is 0.284 e. The van der Waals surface area contributed by atoms with Gasteiger partial charge in [0.1, 0.15) is 0 Å². The van der Waals surface area contributed by atoms with E-state index in [-0.39, 0.29) is 11.4 Å². The van der Waals surface area contributed by atoms with Crippen LogP contribution in [0.1, 0.15) is 51.4 Å². The summed E-state index contributed by atoms with van der Waals surface area (Å²) in [4.78, 5) is 7.56. The fraction of sp³-hybridized carbons (Fsp3) is 1.00. The highest BCUT2D eigenvalue weighted by Crippen LogP contribution is 2.25. The maximum atomic E-state index is 11.8. The van der Waals surface area contributed by atoms with Gasteiger partial charge >= 0.3 is 0 Å². The first-order valence-corrected chi connectivity index (χ1v) is 7.39. The molecule has 0 aliphatic heterocycles. The standard InChI is InChI=1S/C10H19NO3S/c12-15(13,10-7-3-4-8-10)11-14-9-5-1-2-6-9/h9-11H,1-8H2. The average molecular weight is 233 g/mol. The van der Waals surface area contributed by atoms with Gasteiger partial charge in [-0.3, -0.25) is 4.84 Å². The van der Waals surface area contributed by atoms with Crippen LogP contribution in [0.3, 0.4) is 0 Å². The van der Waals surface area contributed by atoms with Crippen molar-refractivity contribution < 1.29 is 13.3 Å². The third-order valence-electron chi connectivity index (χ3n) is 3.37. The van der Waals surface area contributed by atoms with Crippen molar-refractivity contribution in [1.82, 2.24) is 4.89 Å². The molecule has 0 amide bonds. The Bertz CT molecular complexity index is 290. The van der Waals surface area contributed by atoms with E-state index in [1.165, 1.54) is 0 Å². The van der Waals surface area contributed by atoms with E-state index in [0.29, 0.717) is 0 Å². The SMILES string of the molecule is O=S(=O)(NOC1CCCC1)C1CCCC1. The smallest absolute Gasteiger partial charge is 0.236 e. The summed E-state index contributed by atoms with van der Waals surface area (Å²) in [6.07, 6.45) is 7.96. The molecule has 0 aromatic rings. The maximum Gasteiger partial charge on any atom is 0.236 e. The molecular formula is C10H19NO3S. The van der Waals surface area contributed by atoms with Crippen LogP contribution < -0.4 is 4.89 Å². The van der Waals surface area contributed by atoms with E-state index in [2.05, 4.69) is 4.89 Å². The fourth-order valence-corrected chi connectivity index (χ4v) is 3.77. The molecule has 2 aliphatic rings. The fourth-order valence-electron chi connectivity index (χ4n) is 2.41. The van der Waals surface area contributed by atoms with Crippen molar-refractivity contribution in [3.63, 3.8) is 0 Å². The van der Waals surface area contributed by atoms with Gasteiger partial charge in [-0.15, -0.1) is 0 Å². The molecule has 0 unspecified atom stereocenters. The lowest BCUT2D eigenvalue weighted by atomic mass is 10.3. The molecule has 0 aromatic carbocycles. The molecule has 2 aliphatic carbocycles. The molecule has 0 saturated heterocycles. The molecule has 15 heavy (non-hydrogen) atoms. The number of sulfonamides is 1. The predicted octanol–water partition coefficient (Wildman–Crippen LogP) is 1.72. The summed E-state index contributed by atoms with van der Waals surface area (Å²) in [5.41, 5.74) is 0. The van der Waals surface area contributed by atoms with Gasteiger partial charge in [0.15, 0.2) is 0 Å². The third kappa shape index (κ3) is 2.92. The molecule has 2 saturated carbocycles. The molecule has 88 valence electrons. The van der Waals surface area contributed by atoms with Gasteiger partial charge in [0, 0.05) is 0 Å². The minimum absolute atomic E-state index is 0.0983. The van der Waals surface area contributed by atoms with Crippen LogP contribution in [-0.4, -0.2) is 19.8 Å². The van der Waals surface area contributed by atoms with Crippen LogP contribution in [-0.2, 0) is 14.9 Å². The van der Waals surface area contributed by atoms with Crippen molar-refractivity contribution in [2.24, 2.45) is 0 Å². The Morgan fingerprint density at radius 2 is 1.47 bits per heavy atom. The molecule has 0 bridgehead atoms. The lowest BCUT2D eigenvalue weighted by Gasteiger charge is -2.15. The lowest BCUT2D eigenvalue weighted by Crippen LogP contribution is -2.35. The van der Waals surface area contributed by atoms with E-state index in [1.807, 2.05) is 0 Å². The summed E-state index contributed by atoms with van der Waals surface area (Å²) in [6, 6.07) is 0. The summed E-state index contributed by atoms with van der Waals surface area (Å²) >= 11 is 0. The highest BCUT2D eigenvalue weighted by atomic mass is 32.2. The van der Waals surface area contributed by atoms with Crippen LogP contribution in [0.5, 0.6) is 0 Å². The Hall–Kier alpha value is -0.130. The Morgan fingerprint density at radius 3 is 2.07 bits per heavy atom. The minimum Gasteiger partial charge on any atom is -0.284 e. The van der Waals surface area contributed by atoms with Crippen molar-refractivity contribution in [2.75, 3.05) is 0 Å². The second-order valence-corrected chi connectivity index (χ2v) is 6.48. The quantitative estimate of drug-likeness (QED) is 0.752. The van der Waals surface area contributed by atoms with Gasteiger partial charge in [0.05, 0.1) is 11.4 Å². The van der Waals surface area contributed by atoms with Gasteiger partial charge in [-0.25, -0.2) is 8.42 Å². The summed E-state index contributed by atoms with van der Waals surface area (Å²) in [5.74, 6) is 0. The minimum atomic E-state index is -3.22. The second-order valence-electron chi connectivity index (χ2n) is 4.56. The third-order valence-corrected chi connectivity index (χ3v) is 5.05. The predicted molar refractivity (Wildman–Crippen MR) is 57.7 cm³/mol. The summed E-state index contributed by atoms with van der Waals surface area (Å²) in [7, 11) is -3.22. The number of hydrogen-bond acceptors (Lipinski definition) is 3. The van der Waals surface area contributed by atoms with Crippen LogP contribution >= 0.6 is 0 Å². The summed E-state index contributed by atoms with van der Waals surface area (Å²) < 4.78 is 23.5. The molecule has 0 atom stereocenters. The Kier molecular flexibility index (Phi) is 3.64. The van der Waals surface area contributed by atoms with E-state index in [1.54, 1.807) is 0 Å². The lowest BCUT2D eigenvalue weighted by molar-refractivity contribution is 0.0218. The van der Waals surface area contributed by atoms with Crippen LogP contribution in [0.25, 0.3) is 0 Å². The monoisotopic (exact) mass is 233 g/mol. The Labute approximate surface area is 91.4 Å². The molecule has 1 N–H and O–H groups in total. The molecular weight excluding hydrogens is 214 g/mol. The molecule has 5 heteroatoms. The van der Waals surface area contributed by atoms with Crippen molar-refractivity contribution in [1.29, 1.82) is 0 Å². The maximum absolute atomic E-state index is 11.8. The molecule has 0 aromatic heterocycles. The van der Waals surface area contributed by atoms with E-state index in [9.17, 15) is 8.42 Å². The van der Waals surface area contributed by atoms with E-state index in [4.69, 9.17) is 4.84 Å². The van der Waals surface area contributed by atoms with Gasteiger partial charge in [-0.05, 0) is 25.7 Å². The molecule has 0 heterocycles. The highest BCUT2D eigenvalue weighted by Gasteiger charge is 2.29. The van der Waals surface area contributed by atoms with E-state index >= 15 is 0 Å². The summed E-state index contributed by atoms with van der Waals surface area (Å²) in [6.45, 7) is 0. The van der Waals surface area contributed by atoms with E-state index in [0.717, 1.165) is 51.4 Å². The van der Waals surface area contributed by atoms with Crippen molar-refractivity contribution in [3.8, 4) is 0 Å². The molecule has 0 spiro atoms. The zero-order chi connectivity index (χ0) is 10.7. The Balaban J connectivity index is 1.81. The molecule has 4 nitrogen and oxygen atoms in total. The first kappa shape index (κ1) is 11.4. The zero-order valence-electron chi connectivity index (χ0n) is 8.94. The highest BCUT2D eigenvalue weighted by molar-refractivity contribution is 7.90. The van der Waals surface area contributed by atoms with Gasteiger partial charge in [0.2, 0.25) is 10.0 Å². The first-order chi connectivity index (χ1) is 7.18. The van der Waals surface area contributed by atoms with Crippen LogP contribution in [0.2, 0.25) is 0 Å². The van der Waals surface area contributed by atoms with Crippen molar-refractivity contribution in [3.05, 3.63) is 0 Å². The normalized spacial score (nSPS) is 25.1. The van der Waals surface area contributed by atoms with Crippen LogP contribution in [0.4, 0.5) is 0 Å². The van der Waals surface area contributed by atoms with Gasteiger partial charge in [-0.2, -0.15) is 0 Å². The van der Waals surface area contributed by atoms with Crippen molar-refractivity contribution in [2.45, 2.75) is 62.7 Å². The van der Waals surface area contributed by atoms with Crippen LogP contribution in [0.15, 0.2) is 0 Å². The summed E-state index contributed by atoms with van der Waals surface area (Å²) in [5, 5.41) is -0.223. The topological polar surface area (TPSA) is 55.4 Å². The van der Waals surface area contributed by atoms with Crippen molar-refractivity contribution >= 4 is 10.0 Å². The van der Waals surface area contributed by atoms with Gasteiger partial charge < -0.3 is 0 Å². The zero-order valence-corrected chi connectivity index (χ0v) is 9.76. The molecule has 2 rings (SSSR count). The van der Waals surface area contributed by atoms with E-state index < -0.39 is 10.0 Å². The van der Waals surface area contributed by atoms with Gasteiger partial charge in [-0.1, -0.05) is 30.6 Å². The number of hydrogen-bond donors (Lipinski definition) is 1.